The maximum absolute atomic E-state index is 14.1. The molecule has 2 amide bonds. The highest BCUT2D eigenvalue weighted by Crippen LogP contribution is 2.52. The average molecular weight is 550 g/mol. The van der Waals surface area contributed by atoms with Crippen LogP contribution in [0.4, 0.5) is 10.7 Å². The van der Waals surface area contributed by atoms with E-state index in [1.807, 2.05) is 6.07 Å². The van der Waals surface area contributed by atoms with Gasteiger partial charge in [-0.25, -0.2) is 9.96 Å². The van der Waals surface area contributed by atoms with Crippen LogP contribution in [0.1, 0.15) is 40.5 Å². The van der Waals surface area contributed by atoms with Gasteiger partial charge in [-0.2, -0.15) is 5.26 Å². The molecule has 2 fully saturated rings. The molecule has 194 valence electrons. The van der Waals surface area contributed by atoms with E-state index in [4.69, 9.17) is 25.9 Å². The molecule has 3 aliphatic rings. The lowest BCUT2D eigenvalue weighted by atomic mass is 9.90. The lowest BCUT2D eigenvalue weighted by molar-refractivity contribution is -0.126. The van der Waals surface area contributed by atoms with Crippen molar-refractivity contribution in [2.75, 3.05) is 24.2 Å². The van der Waals surface area contributed by atoms with Crippen molar-refractivity contribution in [3.63, 3.8) is 0 Å². The second kappa shape index (κ2) is 9.62. The number of benzene rings is 2. The number of aryl methyl sites for hydroxylation is 1. The van der Waals surface area contributed by atoms with E-state index in [0.717, 1.165) is 36.1 Å². The first kappa shape index (κ1) is 24.7. The van der Waals surface area contributed by atoms with Gasteiger partial charge in [0.15, 0.2) is 6.10 Å². The van der Waals surface area contributed by atoms with Crippen LogP contribution in [0.3, 0.4) is 0 Å². The quantitative estimate of drug-likeness (QED) is 0.403. The molecule has 1 aliphatic carbocycles. The first-order valence-corrected chi connectivity index (χ1v) is 13.5. The maximum atomic E-state index is 14.1. The second-order valence-electron chi connectivity index (χ2n) is 9.42. The number of amides is 2. The predicted octanol–water partition coefficient (Wildman–Crippen LogP) is 5.22. The van der Waals surface area contributed by atoms with Gasteiger partial charge in [0.05, 0.1) is 31.5 Å². The SMILES string of the molecule is COc1ccc([C@@H]2[C@@H]3C(=O)N(c4sc5c(c4C#N)CCCC5)C(=O)[C@@H]3ON2c2ccc(Cl)cc2)c(OC)c1. The molecule has 1 aromatic heterocycles. The first-order valence-electron chi connectivity index (χ1n) is 12.3. The van der Waals surface area contributed by atoms with Crippen molar-refractivity contribution in [3.05, 3.63) is 69.1 Å². The third-order valence-electron chi connectivity index (χ3n) is 7.42. The summed E-state index contributed by atoms with van der Waals surface area (Å²) < 4.78 is 11.0. The topological polar surface area (TPSA) is 92.1 Å². The van der Waals surface area contributed by atoms with E-state index in [2.05, 4.69) is 6.07 Å². The van der Waals surface area contributed by atoms with Crippen LogP contribution in [0.5, 0.6) is 11.5 Å². The van der Waals surface area contributed by atoms with E-state index in [9.17, 15) is 14.9 Å². The number of hydroxylamine groups is 1. The van der Waals surface area contributed by atoms with Crippen molar-refractivity contribution >= 4 is 45.4 Å². The zero-order chi connectivity index (χ0) is 26.6. The van der Waals surface area contributed by atoms with Crippen LogP contribution in [0.2, 0.25) is 5.02 Å². The Morgan fingerprint density at radius 1 is 1.05 bits per heavy atom. The zero-order valence-corrected chi connectivity index (χ0v) is 22.3. The Kier molecular flexibility index (Phi) is 6.26. The highest BCUT2D eigenvalue weighted by atomic mass is 35.5. The molecule has 38 heavy (non-hydrogen) atoms. The molecule has 3 heterocycles. The van der Waals surface area contributed by atoms with Crippen LogP contribution >= 0.6 is 22.9 Å². The molecular formula is C28H24ClN3O5S. The van der Waals surface area contributed by atoms with Crippen LogP contribution < -0.4 is 19.4 Å². The monoisotopic (exact) mass is 549 g/mol. The molecule has 0 radical (unpaired) electrons. The number of thiophene rings is 1. The number of imide groups is 1. The fraction of sp³-hybridized carbons (Fsp3) is 0.321. The summed E-state index contributed by atoms with van der Waals surface area (Å²) in [6, 6.07) is 13.9. The minimum atomic E-state index is -1.05. The number of carbonyl (C=O) groups excluding carboxylic acids is 2. The minimum Gasteiger partial charge on any atom is -0.497 e. The van der Waals surface area contributed by atoms with Gasteiger partial charge in [-0.05, 0) is 67.6 Å². The number of anilines is 2. The van der Waals surface area contributed by atoms with Crippen molar-refractivity contribution < 1.29 is 23.9 Å². The Morgan fingerprint density at radius 2 is 1.82 bits per heavy atom. The van der Waals surface area contributed by atoms with Crippen LogP contribution in [0.25, 0.3) is 0 Å². The van der Waals surface area contributed by atoms with E-state index < -0.39 is 29.9 Å². The molecule has 0 spiro atoms. The molecule has 0 unspecified atom stereocenters. The van der Waals surface area contributed by atoms with Gasteiger partial charge in [0, 0.05) is 21.5 Å². The van der Waals surface area contributed by atoms with Crippen molar-refractivity contribution in [2.24, 2.45) is 5.92 Å². The number of halogens is 1. The van der Waals surface area contributed by atoms with E-state index in [1.54, 1.807) is 55.7 Å². The molecule has 2 aliphatic heterocycles. The molecule has 0 N–H and O–H groups in total. The number of nitrogens with zero attached hydrogens (tertiary/aromatic N) is 3. The fourth-order valence-corrected chi connectivity index (χ4v) is 7.10. The average Bonchev–Trinajstić information content (AvgIpc) is 3.58. The van der Waals surface area contributed by atoms with Gasteiger partial charge in [-0.3, -0.25) is 14.4 Å². The highest BCUT2D eigenvalue weighted by molar-refractivity contribution is 7.17. The summed E-state index contributed by atoms with van der Waals surface area (Å²) in [5.41, 5.74) is 2.71. The van der Waals surface area contributed by atoms with Crippen LogP contribution in [-0.4, -0.2) is 32.1 Å². The molecule has 2 aromatic carbocycles. The minimum absolute atomic E-state index is 0.394. The Labute approximate surface area is 228 Å². The Bertz CT molecular complexity index is 1480. The molecule has 0 bridgehead atoms. The van der Waals surface area contributed by atoms with Crippen molar-refractivity contribution in [1.82, 2.24) is 0 Å². The fourth-order valence-electron chi connectivity index (χ4n) is 5.63. The van der Waals surface area contributed by atoms with Gasteiger partial charge in [-0.1, -0.05) is 11.6 Å². The second-order valence-corrected chi connectivity index (χ2v) is 10.9. The van der Waals surface area contributed by atoms with Crippen LogP contribution in [0.15, 0.2) is 42.5 Å². The normalized spacial score (nSPS) is 22.3. The lowest BCUT2D eigenvalue weighted by Gasteiger charge is -2.29. The van der Waals surface area contributed by atoms with Gasteiger partial charge < -0.3 is 9.47 Å². The summed E-state index contributed by atoms with van der Waals surface area (Å²) in [5.74, 6) is -0.623. The smallest absolute Gasteiger partial charge is 0.267 e. The van der Waals surface area contributed by atoms with E-state index in [0.29, 0.717) is 38.3 Å². The number of hydrogen-bond acceptors (Lipinski definition) is 8. The Balaban J connectivity index is 1.47. The predicted molar refractivity (Wildman–Crippen MR) is 143 cm³/mol. The van der Waals surface area contributed by atoms with E-state index >= 15 is 0 Å². The summed E-state index contributed by atoms with van der Waals surface area (Å²) in [4.78, 5) is 36.5. The number of ether oxygens (including phenoxy) is 2. The number of rotatable bonds is 5. The summed E-state index contributed by atoms with van der Waals surface area (Å²) in [5, 5.41) is 12.5. The number of methoxy groups -OCH3 is 2. The summed E-state index contributed by atoms with van der Waals surface area (Å²) >= 11 is 7.50. The van der Waals surface area contributed by atoms with Gasteiger partial charge in [-0.15, -0.1) is 11.3 Å². The van der Waals surface area contributed by atoms with Gasteiger partial charge >= 0.3 is 0 Å². The lowest BCUT2D eigenvalue weighted by Crippen LogP contribution is -2.37. The van der Waals surface area contributed by atoms with Gasteiger partial charge in [0.1, 0.15) is 28.5 Å². The Hall–Kier alpha value is -3.58. The molecular weight excluding hydrogens is 526 g/mol. The van der Waals surface area contributed by atoms with Crippen LogP contribution in [0, 0.1) is 17.2 Å². The summed E-state index contributed by atoms with van der Waals surface area (Å²) in [6.45, 7) is 0. The molecule has 6 rings (SSSR count). The van der Waals surface area contributed by atoms with Crippen LogP contribution in [-0.2, 0) is 27.3 Å². The van der Waals surface area contributed by atoms with E-state index in [1.165, 1.54) is 16.2 Å². The zero-order valence-electron chi connectivity index (χ0n) is 20.8. The molecule has 8 nitrogen and oxygen atoms in total. The van der Waals surface area contributed by atoms with E-state index in [-0.39, 0.29) is 0 Å². The number of fused-ring (bicyclic) bond motifs is 2. The summed E-state index contributed by atoms with van der Waals surface area (Å²) in [6.07, 6.45) is 2.60. The highest BCUT2D eigenvalue weighted by Gasteiger charge is 2.61. The maximum Gasteiger partial charge on any atom is 0.267 e. The van der Waals surface area contributed by atoms with Crippen molar-refractivity contribution in [1.29, 1.82) is 5.26 Å². The standard InChI is InChI=1S/C28H24ClN3O5S/c1-35-17-11-12-19(21(13-17)36-2)24-23-25(37-32(24)16-9-7-15(29)8-10-16)27(34)31(26(23)33)28-20(14-30)18-5-3-4-6-22(18)38-28/h7-13,23-25H,3-6H2,1-2H3/t23-,24+,25+/m0/s1. The summed E-state index contributed by atoms with van der Waals surface area (Å²) in [7, 11) is 3.11. The first-order chi connectivity index (χ1) is 18.5. The molecule has 3 aromatic rings. The number of carbonyl (C=O) groups is 2. The molecule has 2 saturated heterocycles. The van der Waals surface area contributed by atoms with Gasteiger partial charge in [0.25, 0.3) is 5.91 Å². The Morgan fingerprint density at radius 3 is 2.53 bits per heavy atom. The largest absolute Gasteiger partial charge is 0.497 e. The number of hydrogen-bond donors (Lipinski definition) is 0. The molecule has 10 heteroatoms. The van der Waals surface area contributed by atoms with Crippen molar-refractivity contribution in [3.8, 4) is 17.6 Å². The number of nitriles is 1. The third kappa shape index (κ3) is 3.75. The third-order valence-corrected chi connectivity index (χ3v) is 8.95. The molecule has 3 atom stereocenters. The molecule has 0 saturated carbocycles. The van der Waals surface area contributed by atoms with Crippen molar-refractivity contribution in [2.45, 2.75) is 37.8 Å². The van der Waals surface area contributed by atoms with Gasteiger partial charge in [0.2, 0.25) is 5.91 Å².